The minimum Gasteiger partial charge on any atom is -0.491 e. The summed E-state index contributed by atoms with van der Waals surface area (Å²) in [6.45, 7) is 8.57. The largest absolute Gasteiger partial charge is 0.491 e. The Morgan fingerprint density at radius 1 is 0.944 bits per heavy atom. The minimum atomic E-state index is 0.637. The highest BCUT2D eigenvalue weighted by atomic mass is 16.5. The van der Waals surface area contributed by atoms with Crippen molar-refractivity contribution in [1.82, 2.24) is 0 Å². The van der Waals surface area contributed by atoms with Crippen LogP contribution < -0.4 is 4.74 Å². The van der Waals surface area contributed by atoms with Crippen LogP contribution in [0.1, 0.15) is 43.7 Å². The van der Waals surface area contributed by atoms with E-state index in [2.05, 4.69) is 32.9 Å². The maximum absolute atomic E-state index is 5.69. The molecule has 0 spiro atoms. The van der Waals surface area contributed by atoms with Crippen LogP contribution in [0.4, 0.5) is 0 Å². The first kappa shape index (κ1) is 15.0. The first-order valence-electron chi connectivity index (χ1n) is 7.02. The number of ether oxygens (including phenoxy) is 2. The van der Waals surface area contributed by atoms with E-state index in [-0.39, 0.29) is 0 Å². The van der Waals surface area contributed by atoms with Gasteiger partial charge in [0.1, 0.15) is 12.4 Å². The summed E-state index contributed by atoms with van der Waals surface area (Å²) in [5, 5.41) is 0. The van der Waals surface area contributed by atoms with Gasteiger partial charge in [0.15, 0.2) is 0 Å². The molecule has 2 heteroatoms. The predicted octanol–water partition coefficient (Wildman–Crippen LogP) is 4.28. The summed E-state index contributed by atoms with van der Waals surface area (Å²) < 4.78 is 11.2. The molecule has 0 fully saturated rings. The third kappa shape index (κ3) is 6.06. The SMILES string of the molecule is CCCCCCOCCOc1ccc(C)cc1C. The normalized spacial score (nSPS) is 10.6. The molecule has 1 rings (SSSR count). The number of hydrogen-bond donors (Lipinski definition) is 0. The van der Waals surface area contributed by atoms with E-state index in [4.69, 9.17) is 9.47 Å². The number of aryl methyl sites for hydroxylation is 2. The fourth-order valence-corrected chi connectivity index (χ4v) is 1.90. The van der Waals surface area contributed by atoms with Gasteiger partial charge in [-0.3, -0.25) is 0 Å². The highest BCUT2D eigenvalue weighted by Crippen LogP contribution is 2.18. The summed E-state index contributed by atoms with van der Waals surface area (Å²) in [4.78, 5) is 0. The lowest BCUT2D eigenvalue weighted by Gasteiger charge is -2.10. The zero-order chi connectivity index (χ0) is 13.2. The molecule has 0 radical (unpaired) electrons. The van der Waals surface area contributed by atoms with E-state index in [0.717, 1.165) is 18.8 Å². The standard InChI is InChI=1S/C16H26O2/c1-4-5-6-7-10-17-11-12-18-16-9-8-14(2)13-15(16)3/h8-9,13H,4-7,10-12H2,1-3H3. The molecule has 0 aliphatic carbocycles. The molecule has 0 bridgehead atoms. The van der Waals surface area contributed by atoms with E-state index >= 15 is 0 Å². The van der Waals surface area contributed by atoms with Gasteiger partial charge in [-0.15, -0.1) is 0 Å². The number of hydrogen-bond acceptors (Lipinski definition) is 2. The number of benzene rings is 1. The van der Waals surface area contributed by atoms with Gasteiger partial charge in [-0.25, -0.2) is 0 Å². The van der Waals surface area contributed by atoms with Crippen molar-refractivity contribution in [2.45, 2.75) is 46.5 Å². The molecule has 0 atom stereocenters. The quantitative estimate of drug-likeness (QED) is 0.609. The van der Waals surface area contributed by atoms with E-state index < -0.39 is 0 Å². The Balaban J connectivity index is 2.07. The Labute approximate surface area is 111 Å². The predicted molar refractivity (Wildman–Crippen MR) is 76.4 cm³/mol. The zero-order valence-corrected chi connectivity index (χ0v) is 12.0. The molecule has 0 saturated heterocycles. The summed E-state index contributed by atoms with van der Waals surface area (Å²) in [6, 6.07) is 6.25. The van der Waals surface area contributed by atoms with Crippen molar-refractivity contribution >= 4 is 0 Å². The van der Waals surface area contributed by atoms with Crippen LogP contribution in [0.3, 0.4) is 0 Å². The lowest BCUT2D eigenvalue weighted by molar-refractivity contribution is 0.0969. The maximum Gasteiger partial charge on any atom is 0.122 e. The van der Waals surface area contributed by atoms with Crippen LogP contribution in [0.2, 0.25) is 0 Å². The van der Waals surface area contributed by atoms with Crippen molar-refractivity contribution in [3.8, 4) is 5.75 Å². The molecule has 1 aromatic carbocycles. The van der Waals surface area contributed by atoms with Crippen LogP contribution in [-0.2, 0) is 4.74 Å². The van der Waals surface area contributed by atoms with Crippen LogP contribution >= 0.6 is 0 Å². The minimum absolute atomic E-state index is 0.637. The second-order valence-electron chi connectivity index (χ2n) is 4.79. The van der Waals surface area contributed by atoms with Gasteiger partial charge in [-0.2, -0.15) is 0 Å². The van der Waals surface area contributed by atoms with Gasteiger partial charge in [0.25, 0.3) is 0 Å². The highest BCUT2D eigenvalue weighted by molar-refractivity contribution is 5.35. The van der Waals surface area contributed by atoms with Crippen molar-refractivity contribution in [3.63, 3.8) is 0 Å². The molecule has 18 heavy (non-hydrogen) atoms. The Morgan fingerprint density at radius 3 is 2.50 bits per heavy atom. The Morgan fingerprint density at radius 2 is 1.78 bits per heavy atom. The number of unbranched alkanes of at least 4 members (excludes halogenated alkanes) is 3. The molecule has 1 aromatic rings. The molecule has 0 heterocycles. The van der Waals surface area contributed by atoms with Gasteiger partial charge >= 0.3 is 0 Å². The summed E-state index contributed by atoms with van der Waals surface area (Å²) in [6.07, 6.45) is 5.02. The van der Waals surface area contributed by atoms with Gasteiger partial charge in [-0.05, 0) is 31.9 Å². The molecule has 0 saturated carbocycles. The fourth-order valence-electron chi connectivity index (χ4n) is 1.90. The third-order valence-corrected chi connectivity index (χ3v) is 2.96. The molecular formula is C16H26O2. The summed E-state index contributed by atoms with van der Waals surface area (Å²) in [5.41, 5.74) is 2.46. The zero-order valence-electron chi connectivity index (χ0n) is 12.0. The highest BCUT2D eigenvalue weighted by Gasteiger charge is 1.99. The topological polar surface area (TPSA) is 18.5 Å². The van der Waals surface area contributed by atoms with Crippen LogP contribution in [-0.4, -0.2) is 19.8 Å². The van der Waals surface area contributed by atoms with E-state index in [1.54, 1.807) is 0 Å². The fraction of sp³-hybridized carbons (Fsp3) is 0.625. The van der Waals surface area contributed by atoms with Crippen LogP contribution in [0.5, 0.6) is 5.75 Å². The molecule has 0 aliphatic heterocycles. The molecular weight excluding hydrogens is 224 g/mol. The van der Waals surface area contributed by atoms with Gasteiger partial charge < -0.3 is 9.47 Å². The van der Waals surface area contributed by atoms with Crippen molar-refractivity contribution in [2.24, 2.45) is 0 Å². The molecule has 0 amide bonds. The first-order valence-corrected chi connectivity index (χ1v) is 7.02. The Hall–Kier alpha value is -1.02. The molecule has 2 nitrogen and oxygen atoms in total. The summed E-state index contributed by atoms with van der Waals surface area (Å²) >= 11 is 0. The van der Waals surface area contributed by atoms with Gasteiger partial charge in [0.2, 0.25) is 0 Å². The van der Waals surface area contributed by atoms with Crippen molar-refractivity contribution in [3.05, 3.63) is 29.3 Å². The second-order valence-corrected chi connectivity index (χ2v) is 4.79. The average Bonchev–Trinajstić information content (AvgIpc) is 2.35. The Kier molecular flexibility index (Phi) is 7.51. The van der Waals surface area contributed by atoms with Crippen LogP contribution in [0.15, 0.2) is 18.2 Å². The third-order valence-electron chi connectivity index (χ3n) is 2.96. The van der Waals surface area contributed by atoms with E-state index in [0.29, 0.717) is 13.2 Å². The van der Waals surface area contributed by atoms with Gasteiger partial charge in [0.05, 0.1) is 6.61 Å². The lowest BCUT2D eigenvalue weighted by atomic mass is 10.1. The van der Waals surface area contributed by atoms with E-state index in [1.807, 2.05) is 6.07 Å². The molecule has 0 aromatic heterocycles. The molecule has 102 valence electrons. The second kappa shape index (κ2) is 8.98. The monoisotopic (exact) mass is 250 g/mol. The Bertz CT molecular complexity index is 334. The van der Waals surface area contributed by atoms with Crippen LogP contribution in [0, 0.1) is 13.8 Å². The lowest BCUT2D eigenvalue weighted by Crippen LogP contribution is -2.08. The smallest absolute Gasteiger partial charge is 0.122 e. The first-order chi connectivity index (χ1) is 8.74. The molecule has 0 aliphatic rings. The van der Waals surface area contributed by atoms with Crippen molar-refractivity contribution in [1.29, 1.82) is 0 Å². The number of rotatable bonds is 9. The molecule has 0 unspecified atom stereocenters. The summed E-state index contributed by atoms with van der Waals surface area (Å²) in [7, 11) is 0. The van der Waals surface area contributed by atoms with Crippen LogP contribution in [0.25, 0.3) is 0 Å². The van der Waals surface area contributed by atoms with Crippen molar-refractivity contribution < 1.29 is 9.47 Å². The van der Waals surface area contributed by atoms with E-state index in [9.17, 15) is 0 Å². The van der Waals surface area contributed by atoms with Gasteiger partial charge in [-0.1, -0.05) is 43.9 Å². The van der Waals surface area contributed by atoms with Crippen molar-refractivity contribution in [2.75, 3.05) is 19.8 Å². The molecule has 0 N–H and O–H groups in total. The summed E-state index contributed by atoms with van der Waals surface area (Å²) in [5.74, 6) is 0.968. The van der Waals surface area contributed by atoms with Gasteiger partial charge in [0, 0.05) is 6.61 Å². The van der Waals surface area contributed by atoms with E-state index in [1.165, 1.54) is 30.4 Å². The average molecular weight is 250 g/mol. The maximum atomic E-state index is 5.69.